The Labute approximate surface area is 78.3 Å². The van der Waals surface area contributed by atoms with Gasteiger partial charge in [-0.1, -0.05) is 24.3 Å². The predicted octanol–water partition coefficient (Wildman–Crippen LogP) is 3.21. The number of hydrogen-bond donors (Lipinski definition) is 0. The molecule has 0 spiro atoms. The zero-order valence-corrected chi connectivity index (χ0v) is 7.99. The molecule has 1 aromatic heterocycles. The minimum atomic E-state index is 1.25. The maximum Gasteiger partial charge on any atom is 0.0482 e. The molecule has 1 aromatic carbocycles. The van der Waals surface area contributed by atoms with Gasteiger partial charge in [0.05, 0.1) is 0 Å². The number of nitrogens with zero attached hydrogens (tertiary/aromatic N) is 1. The van der Waals surface area contributed by atoms with Gasteiger partial charge in [0.25, 0.3) is 0 Å². The highest BCUT2D eigenvalue weighted by atomic mass is 14.9. The molecule has 0 bridgehead atoms. The van der Waals surface area contributed by atoms with Gasteiger partial charge in [-0.25, -0.2) is 0 Å². The molecule has 66 valence electrons. The molecule has 2 rings (SSSR count). The van der Waals surface area contributed by atoms with Crippen LogP contribution < -0.4 is 0 Å². The molecular weight excluding hydrogens is 158 g/mol. The van der Waals surface area contributed by atoms with Crippen molar-refractivity contribution in [2.75, 3.05) is 0 Å². The first-order chi connectivity index (χ1) is 6.33. The number of rotatable bonds is 1. The molecule has 2 aromatic rings. The van der Waals surface area contributed by atoms with Crippen molar-refractivity contribution in [2.45, 2.75) is 6.92 Å². The monoisotopic (exact) mass is 171 g/mol. The highest BCUT2D eigenvalue weighted by Gasteiger charge is 2.00. The molecule has 0 saturated heterocycles. The fourth-order valence-corrected chi connectivity index (χ4v) is 1.64. The number of hydrogen-bond acceptors (Lipinski definition) is 0. The molecule has 1 heteroatoms. The first-order valence-corrected chi connectivity index (χ1v) is 4.50. The van der Waals surface area contributed by atoms with Crippen LogP contribution in [0.4, 0.5) is 0 Å². The van der Waals surface area contributed by atoms with Gasteiger partial charge in [-0.15, -0.1) is 0 Å². The van der Waals surface area contributed by atoms with Gasteiger partial charge in [0, 0.05) is 23.6 Å². The second-order valence-corrected chi connectivity index (χ2v) is 3.19. The Morgan fingerprint density at radius 1 is 1.23 bits per heavy atom. The predicted molar refractivity (Wildman–Crippen MR) is 57.6 cm³/mol. The van der Waals surface area contributed by atoms with Crippen molar-refractivity contribution in [1.29, 1.82) is 0 Å². The SMILES string of the molecule is CC=Cc1cc2ccccc2n1C. The van der Waals surface area contributed by atoms with Crippen LogP contribution in [0.15, 0.2) is 36.4 Å². The Morgan fingerprint density at radius 2 is 2.00 bits per heavy atom. The third kappa shape index (κ3) is 1.26. The molecule has 0 unspecified atom stereocenters. The van der Waals surface area contributed by atoms with Gasteiger partial charge in [-0.3, -0.25) is 0 Å². The third-order valence-electron chi connectivity index (χ3n) is 2.33. The van der Waals surface area contributed by atoms with Crippen molar-refractivity contribution in [2.24, 2.45) is 7.05 Å². The number of fused-ring (bicyclic) bond motifs is 1. The van der Waals surface area contributed by atoms with Gasteiger partial charge in [0.1, 0.15) is 0 Å². The average molecular weight is 171 g/mol. The second kappa shape index (κ2) is 3.09. The van der Waals surface area contributed by atoms with E-state index < -0.39 is 0 Å². The van der Waals surface area contributed by atoms with Gasteiger partial charge in [0.15, 0.2) is 0 Å². The van der Waals surface area contributed by atoms with Crippen LogP contribution in [0.1, 0.15) is 12.6 Å². The van der Waals surface area contributed by atoms with Crippen LogP contribution in [0, 0.1) is 0 Å². The van der Waals surface area contributed by atoms with Crippen molar-refractivity contribution in [3.05, 3.63) is 42.1 Å². The molecule has 0 atom stereocenters. The minimum absolute atomic E-state index is 1.25. The lowest BCUT2D eigenvalue weighted by Crippen LogP contribution is -1.88. The average Bonchev–Trinajstić information content (AvgIpc) is 2.46. The number of aromatic nitrogens is 1. The number of allylic oxidation sites excluding steroid dienone is 1. The van der Waals surface area contributed by atoms with E-state index in [-0.39, 0.29) is 0 Å². The minimum Gasteiger partial charge on any atom is -0.344 e. The number of para-hydroxylation sites is 1. The fraction of sp³-hybridized carbons (Fsp3) is 0.167. The lowest BCUT2D eigenvalue weighted by atomic mass is 10.2. The molecule has 0 aliphatic carbocycles. The van der Waals surface area contributed by atoms with Crippen LogP contribution in [-0.4, -0.2) is 4.57 Å². The molecule has 1 nitrogen and oxygen atoms in total. The topological polar surface area (TPSA) is 4.93 Å². The standard InChI is InChI=1S/C12H13N/c1-3-6-11-9-10-7-4-5-8-12(10)13(11)2/h3-9H,1-2H3. The Morgan fingerprint density at radius 3 is 2.69 bits per heavy atom. The summed E-state index contributed by atoms with van der Waals surface area (Å²) in [6.07, 6.45) is 4.19. The van der Waals surface area contributed by atoms with Gasteiger partial charge < -0.3 is 4.57 Å². The highest BCUT2D eigenvalue weighted by molar-refractivity contribution is 5.83. The summed E-state index contributed by atoms with van der Waals surface area (Å²) in [5.41, 5.74) is 2.54. The van der Waals surface area contributed by atoms with E-state index in [1.54, 1.807) is 0 Å². The van der Waals surface area contributed by atoms with Crippen LogP contribution in [-0.2, 0) is 7.05 Å². The van der Waals surface area contributed by atoms with Gasteiger partial charge in [-0.05, 0) is 25.1 Å². The van der Waals surface area contributed by atoms with Gasteiger partial charge in [-0.2, -0.15) is 0 Å². The van der Waals surface area contributed by atoms with E-state index in [0.29, 0.717) is 0 Å². The van der Waals surface area contributed by atoms with E-state index in [2.05, 4.69) is 54.1 Å². The Hall–Kier alpha value is -1.50. The maximum atomic E-state index is 2.20. The van der Waals surface area contributed by atoms with E-state index in [1.807, 2.05) is 6.92 Å². The summed E-state index contributed by atoms with van der Waals surface area (Å²) in [5.74, 6) is 0. The molecule has 0 aliphatic rings. The van der Waals surface area contributed by atoms with Crippen LogP contribution in [0.2, 0.25) is 0 Å². The molecule has 0 N–H and O–H groups in total. The molecule has 0 fully saturated rings. The van der Waals surface area contributed by atoms with Crippen LogP contribution >= 0.6 is 0 Å². The summed E-state index contributed by atoms with van der Waals surface area (Å²) in [5, 5.41) is 1.30. The maximum absolute atomic E-state index is 2.20. The van der Waals surface area contributed by atoms with Crippen LogP contribution in [0.3, 0.4) is 0 Å². The quantitative estimate of drug-likeness (QED) is 0.621. The Bertz CT molecular complexity index is 449. The molecule has 13 heavy (non-hydrogen) atoms. The van der Waals surface area contributed by atoms with E-state index in [9.17, 15) is 0 Å². The third-order valence-corrected chi connectivity index (χ3v) is 2.33. The van der Waals surface area contributed by atoms with Crippen molar-refractivity contribution < 1.29 is 0 Å². The molecule has 0 aliphatic heterocycles. The molecule has 0 radical (unpaired) electrons. The molecular formula is C12H13N. The lowest BCUT2D eigenvalue weighted by Gasteiger charge is -1.97. The summed E-state index contributed by atoms with van der Waals surface area (Å²) in [6.45, 7) is 2.04. The Kier molecular flexibility index (Phi) is 1.93. The summed E-state index contributed by atoms with van der Waals surface area (Å²) < 4.78 is 2.20. The molecule has 1 heterocycles. The smallest absolute Gasteiger partial charge is 0.0482 e. The van der Waals surface area contributed by atoms with E-state index >= 15 is 0 Å². The van der Waals surface area contributed by atoms with Gasteiger partial charge in [0.2, 0.25) is 0 Å². The number of aryl methyl sites for hydroxylation is 1. The zero-order valence-electron chi connectivity index (χ0n) is 7.99. The van der Waals surface area contributed by atoms with E-state index in [1.165, 1.54) is 16.6 Å². The zero-order chi connectivity index (χ0) is 9.26. The molecule has 0 saturated carbocycles. The largest absolute Gasteiger partial charge is 0.344 e. The van der Waals surface area contributed by atoms with Crippen LogP contribution in [0.5, 0.6) is 0 Å². The molecule has 0 amide bonds. The first-order valence-electron chi connectivity index (χ1n) is 4.50. The van der Waals surface area contributed by atoms with Crippen molar-refractivity contribution in [3.8, 4) is 0 Å². The van der Waals surface area contributed by atoms with E-state index in [4.69, 9.17) is 0 Å². The van der Waals surface area contributed by atoms with Crippen LogP contribution in [0.25, 0.3) is 17.0 Å². The van der Waals surface area contributed by atoms with Crippen molar-refractivity contribution >= 4 is 17.0 Å². The normalized spacial score (nSPS) is 11.5. The second-order valence-electron chi connectivity index (χ2n) is 3.19. The van der Waals surface area contributed by atoms with Crippen molar-refractivity contribution in [3.63, 3.8) is 0 Å². The van der Waals surface area contributed by atoms with E-state index in [0.717, 1.165) is 0 Å². The summed E-state index contributed by atoms with van der Waals surface area (Å²) in [7, 11) is 2.09. The highest BCUT2D eigenvalue weighted by Crippen LogP contribution is 2.18. The fourth-order valence-electron chi connectivity index (χ4n) is 1.64. The van der Waals surface area contributed by atoms with Crippen molar-refractivity contribution in [1.82, 2.24) is 4.57 Å². The summed E-state index contributed by atoms with van der Waals surface area (Å²) in [4.78, 5) is 0. The number of benzene rings is 1. The Balaban J connectivity index is 2.73. The van der Waals surface area contributed by atoms with Gasteiger partial charge >= 0.3 is 0 Å². The summed E-state index contributed by atoms with van der Waals surface area (Å²) >= 11 is 0. The lowest BCUT2D eigenvalue weighted by molar-refractivity contribution is 0.954. The first kappa shape index (κ1) is 8.11. The summed E-state index contributed by atoms with van der Waals surface area (Å²) in [6, 6.07) is 10.6.